The van der Waals surface area contributed by atoms with Gasteiger partial charge in [-0.2, -0.15) is 0 Å². The summed E-state index contributed by atoms with van der Waals surface area (Å²) in [5, 5.41) is 3.10. The minimum absolute atomic E-state index is 0.0104. The molecule has 2 atom stereocenters. The predicted octanol–water partition coefficient (Wildman–Crippen LogP) is 6.05. The zero-order valence-corrected chi connectivity index (χ0v) is 22.7. The summed E-state index contributed by atoms with van der Waals surface area (Å²) >= 11 is 0. The zero-order chi connectivity index (χ0) is 26.8. The zero-order valence-electron chi connectivity index (χ0n) is 22.7. The highest BCUT2D eigenvalue weighted by Gasteiger charge is 2.31. The van der Waals surface area contributed by atoms with Gasteiger partial charge < -0.3 is 15.0 Å². The van der Waals surface area contributed by atoms with Gasteiger partial charge in [0, 0.05) is 19.0 Å². The van der Waals surface area contributed by atoms with Crippen LogP contribution in [0.25, 0.3) is 0 Å². The van der Waals surface area contributed by atoms with Crippen LogP contribution in [0.3, 0.4) is 0 Å². The Labute approximate surface area is 221 Å². The molecular formula is C32H40N2O3. The van der Waals surface area contributed by atoms with Crippen LogP contribution in [-0.4, -0.2) is 35.4 Å². The van der Waals surface area contributed by atoms with Gasteiger partial charge in [0.1, 0.15) is 11.8 Å². The van der Waals surface area contributed by atoms with Gasteiger partial charge in [-0.05, 0) is 48.9 Å². The van der Waals surface area contributed by atoms with E-state index < -0.39 is 6.04 Å². The Morgan fingerprint density at radius 3 is 2.16 bits per heavy atom. The minimum atomic E-state index is -0.672. The number of amides is 2. The first-order valence-corrected chi connectivity index (χ1v) is 13.2. The van der Waals surface area contributed by atoms with Crippen LogP contribution < -0.4 is 10.1 Å². The number of hydrogen-bond acceptors (Lipinski definition) is 3. The molecule has 0 bridgehead atoms. The lowest BCUT2D eigenvalue weighted by Gasteiger charge is -2.32. The van der Waals surface area contributed by atoms with Crippen molar-refractivity contribution in [2.75, 3.05) is 6.61 Å². The molecule has 0 radical (unpaired) electrons. The number of aryl methyl sites for hydroxylation is 1. The third-order valence-corrected chi connectivity index (χ3v) is 6.64. The molecule has 196 valence electrons. The van der Waals surface area contributed by atoms with Crippen LogP contribution in [0.5, 0.6) is 5.75 Å². The summed E-state index contributed by atoms with van der Waals surface area (Å²) < 4.78 is 6.06. The Balaban J connectivity index is 1.93. The molecule has 0 saturated heterocycles. The first-order chi connectivity index (χ1) is 17.8. The van der Waals surface area contributed by atoms with Gasteiger partial charge in [0.2, 0.25) is 5.91 Å². The van der Waals surface area contributed by atoms with Gasteiger partial charge in [-0.3, -0.25) is 9.59 Å². The van der Waals surface area contributed by atoms with Crippen LogP contribution in [0.1, 0.15) is 62.3 Å². The maximum Gasteiger partial charge on any atom is 0.261 e. The van der Waals surface area contributed by atoms with Crippen molar-refractivity contribution in [3.63, 3.8) is 0 Å². The summed E-state index contributed by atoms with van der Waals surface area (Å²) in [5.41, 5.74) is 4.16. The number of carbonyl (C=O) groups is 2. The van der Waals surface area contributed by atoms with E-state index in [0.717, 1.165) is 28.7 Å². The van der Waals surface area contributed by atoms with Crippen molar-refractivity contribution in [1.29, 1.82) is 0 Å². The SMILES string of the molecule is CC[C@H](C)NC(=O)[C@H](Cc1ccccc1)N(Cc1ccc(C)cc1)C(=O)COc1ccccc1C(C)C. The second kappa shape index (κ2) is 13.6. The molecule has 3 rings (SSSR count). The molecule has 0 aliphatic heterocycles. The first-order valence-electron chi connectivity index (χ1n) is 13.2. The Hall–Kier alpha value is -3.60. The van der Waals surface area contributed by atoms with E-state index in [1.54, 1.807) is 4.90 Å². The molecule has 0 aliphatic rings. The molecule has 2 amide bonds. The highest BCUT2D eigenvalue weighted by Crippen LogP contribution is 2.26. The average Bonchev–Trinajstić information content (AvgIpc) is 2.90. The molecular weight excluding hydrogens is 460 g/mol. The molecule has 0 spiro atoms. The Morgan fingerprint density at radius 2 is 1.51 bits per heavy atom. The van der Waals surface area contributed by atoms with E-state index in [1.807, 2.05) is 99.6 Å². The lowest BCUT2D eigenvalue weighted by atomic mass is 10.0. The maximum absolute atomic E-state index is 13.8. The van der Waals surface area contributed by atoms with Crippen LogP contribution in [0.4, 0.5) is 0 Å². The molecule has 5 nitrogen and oxygen atoms in total. The van der Waals surface area contributed by atoms with Crippen molar-refractivity contribution in [2.45, 2.75) is 72.0 Å². The first kappa shape index (κ1) is 28.0. The number of nitrogens with zero attached hydrogens (tertiary/aromatic N) is 1. The van der Waals surface area contributed by atoms with E-state index in [0.29, 0.717) is 18.7 Å². The van der Waals surface area contributed by atoms with Crippen molar-refractivity contribution in [3.8, 4) is 5.75 Å². The largest absolute Gasteiger partial charge is 0.483 e. The molecule has 5 heteroatoms. The molecule has 0 aromatic heterocycles. The number of hydrogen-bond donors (Lipinski definition) is 1. The van der Waals surface area contributed by atoms with Gasteiger partial charge in [-0.25, -0.2) is 0 Å². The van der Waals surface area contributed by atoms with Crippen LogP contribution in [0.2, 0.25) is 0 Å². The van der Waals surface area contributed by atoms with E-state index in [2.05, 4.69) is 19.2 Å². The molecule has 0 heterocycles. The van der Waals surface area contributed by atoms with E-state index in [4.69, 9.17) is 4.74 Å². The molecule has 37 heavy (non-hydrogen) atoms. The average molecular weight is 501 g/mol. The smallest absolute Gasteiger partial charge is 0.261 e. The fourth-order valence-electron chi connectivity index (χ4n) is 4.20. The van der Waals surface area contributed by atoms with Gasteiger partial charge in [0.05, 0.1) is 0 Å². The summed E-state index contributed by atoms with van der Waals surface area (Å²) in [5.74, 6) is 0.590. The second-order valence-corrected chi connectivity index (χ2v) is 10.0. The summed E-state index contributed by atoms with van der Waals surface area (Å²) in [4.78, 5) is 29.0. The van der Waals surface area contributed by atoms with Crippen molar-refractivity contribution in [3.05, 3.63) is 101 Å². The summed E-state index contributed by atoms with van der Waals surface area (Å²) in [7, 11) is 0. The Kier molecular flexibility index (Phi) is 10.3. The third kappa shape index (κ3) is 8.21. The van der Waals surface area contributed by atoms with Gasteiger partial charge in [-0.1, -0.05) is 99.1 Å². The molecule has 0 saturated carbocycles. The van der Waals surface area contributed by atoms with Gasteiger partial charge >= 0.3 is 0 Å². The monoisotopic (exact) mass is 500 g/mol. The van der Waals surface area contributed by atoms with Crippen LogP contribution in [0, 0.1) is 6.92 Å². The van der Waals surface area contributed by atoms with Gasteiger partial charge in [-0.15, -0.1) is 0 Å². The number of benzene rings is 3. The third-order valence-electron chi connectivity index (χ3n) is 6.64. The molecule has 0 fully saturated rings. The Morgan fingerprint density at radius 1 is 0.865 bits per heavy atom. The van der Waals surface area contributed by atoms with Gasteiger partial charge in [0.25, 0.3) is 5.91 Å². The van der Waals surface area contributed by atoms with Crippen molar-refractivity contribution >= 4 is 11.8 Å². The van der Waals surface area contributed by atoms with Crippen molar-refractivity contribution < 1.29 is 14.3 Å². The van der Waals surface area contributed by atoms with Crippen molar-refractivity contribution in [1.82, 2.24) is 10.2 Å². The highest BCUT2D eigenvalue weighted by molar-refractivity contribution is 5.88. The van der Waals surface area contributed by atoms with Crippen molar-refractivity contribution in [2.24, 2.45) is 0 Å². The quantitative estimate of drug-likeness (QED) is 0.329. The molecule has 0 aliphatic carbocycles. The fraction of sp³-hybridized carbons (Fsp3) is 0.375. The van der Waals surface area contributed by atoms with E-state index in [1.165, 1.54) is 0 Å². The topological polar surface area (TPSA) is 58.6 Å². The van der Waals surface area contributed by atoms with E-state index >= 15 is 0 Å². The van der Waals surface area contributed by atoms with E-state index in [-0.39, 0.29) is 30.4 Å². The number of para-hydroxylation sites is 1. The number of carbonyl (C=O) groups excluding carboxylic acids is 2. The minimum Gasteiger partial charge on any atom is -0.483 e. The second-order valence-electron chi connectivity index (χ2n) is 10.0. The van der Waals surface area contributed by atoms with Crippen LogP contribution >= 0.6 is 0 Å². The standard InChI is InChI=1S/C32H40N2O3/c1-6-25(5)33-32(36)29(20-26-12-8-7-9-13-26)34(21-27-18-16-24(4)17-19-27)31(35)22-37-30-15-11-10-14-28(30)23(2)3/h7-19,23,25,29H,6,20-22H2,1-5H3,(H,33,36)/t25-,29-/m0/s1. The molecule has 3 aromatic rings. The predicted molar refractivity (Wildman–Crippen MR) is 150 cm³/mol. The summed E-state index contributed by atoms with van der Waals surface area (Å²) in [6.07, 6.45) is 1.23. The van der Waals surface area contributed by atoms with Gasteiger partial charge in [0.15, 0.2) is 6.61 Å². The van der Waals surface area contributed by atoms with Crippen LogP contribution in [0.15, 0.2) is 78.9 Å². The van der Waals surface area contributed by atoms with Crippen LogP contribution in [-0.2, 0) is 22.6 Å². The molecule has 3 aromatic carbocycles. The summed E-state index contributed by atoms with van der Waals surface area (Å²) in [6.45, 7) is 10.4. The Bertz CT molecular complexity index is 1140. The lowest BCUT2D eigenvalue weighted by Crippen LogP contribution is -2.53. The molecule has 0 unspecified atom stereocenters. The normalized spacial score (nSPS) is 12.6. The van der Waals surface area contributed by atoms with E-state index in [9.17, 15) is 9.59 Å². The lowest BCUT2D eigenvalue weighted by molar-refractivity contribution is -0.143. The summed E-state index contributed by atoms with van der Waals surface area (Å²) in [6, 6.07) is 25.1. The highest BCUT2D eigenvalue weighted by atomic mass is 16.5. The number of ether oxygens (including phenoxy) is 1. The number of nitrogens with one attached hydrogen (secondary N) is 1. The maximum atomic E-state index is 13.8. The fourth-order valence-corrected chi connectivity index (χ4v) is 4.20. The molecule has 1 N–H and O–H groups in total. The number of rotatable bonds is 12.